The van der Waals surface area contributed by atoms with Gasteiger partial charge in [-0.15, -0.1) is 10.2 Å². The van der Waals surface area contributed by atoms with Crippen LogP contribution < -0.4 is 10.2 Å². The third-order valence-corrected chi connectivity index (χ3v) is 6.57. The van der Waals surface area contributed by atoms with Crippen molar-refractivity contribution in [3.8, 4) is 11.4 Å². The molecule has 37 heavy (non-hydrogen) atoms. The van der Waals surface area contributed by atoms with E-state index in [0.717, 1.165) is 36.8 Å². The Morgan fingerprint density at radius 2 is 1.70 bits per heavy atom. The van der Waals surface area contributed by atoms with Crippen LogP contribution in [0.5, 0.6) is 0 Å². The summed E-state index contributed by atoms with van der Waals surface area (Å²) in [7, 11) is 0. The molecule has 188 valence electrons. The molecule has 5 rings (SSSR count). The van der Waals surface area contributed by atoms with Gasteiger partial charge in [0.1, 0.15) is 12.6 Å². The van der Waals surface area contributed by atoms with E-state index in [-0.39, 0.29) is 24.4 Å². The number of nitrogens with one attached hydrogen (secondary N) is 1. The highest BCUT2D eigenvalue weighted by atomic mass is 16.2. The largest absolute Gasteiger partial charge is 0.351 e. The number of carbonyl (C=O) groups excluding carboxylic acids is 2. The summed E-state index contributed by atoms with van der Waals surface area (Å²) in [5, 5.41) is 15.8. The van der Waals surface area contributed by atoms with E-state index in [1.165, 1.54) is 9.70 Å². The molecule has 1 atom stereocenters. The Hall–Kier alpha value is -4.40. The van der Waals surface area contributed by atoms with Crippen LogP contribution >= 0.6 is 0 Å². The lowest BCUT2D eigenvalue weighted by atomic mass is 10.0. The van der Waals surface area contributed by atoms with Crippen molar-refractivity contribution in [2.45, 2.75) is 51.2 Å². The van der Waals surface area contributed by atoms with Crippen LogP contribution in [-0.2, 0) is 16.1 Å². The number of aromatic nitrogens is 5. The molecule has 4 aromatic rings. The van der Waals surface area contributed by atoms with Crippen molar-refractivity contribution in [2.24, 2.45) is 0 Å². The number of anilines is 1. The number of hydrogen-bond acceptors (Lipinski definition) is 6. The molecule has 1 saturated carbocycles. The lowest BCUT2D eigenvalue weighted by Crippen LogP contribution is -2.47. The van der Waals surface area contributed by atoms with Crippen molar-refractivity contribution >= 4 is 17.5 Å². The summed E-state index contributed by atoms with van der Waals surface area (Å²) >= 11 is 0. The summed E-state index contributed by atoms with van der Waals surface area (Å²) in [5.74, 6) is -0.117. The van der Waals surface area contributed by atoms with Gasteiger partial charge in [-0.1, -0.05) is 60.9 Å². The zero-order valence-corrected chi connectivity index (χ0v) is 20.7. The van der Waals surface area contributed by atoms with Crippen molar-refractivity contribution in [2.75, 3.05) is 4.90 Å². The molecule has 9 nitrogen and oxygen atoms in total. The minimum absolute atomic E-state index is 0.110. The highest BCUT2D eigenvalue weighted by Crippen LogP contribution is 2.29. The van der Waals surface area contributed by atoms with Crippen LogP contribution in [0.2, 0.25) is 0 Å². The fourth-order valence-electron chi connectivity index (χ4n) is 4.66. The zero-order chi connectivity index (χ0) is 25.6. The van der Waals surface area contributed by atoms with E-state index < -0.39 is 6.04 Å². The van der Waals surface area contributed by atoms with Gasteiger partial charge in [-0.3, -0.25) is 19.5 Å². The number of rotatable bonds is 8. The maximum Gasteiger partial charge on any atom is 0.251 e. The Morgan fingerprint density at radius 1 is 1.00 bits per heavy atom. The van der Waals surface area contributed by atoms with E-state index in [1.807, 2.05) is 61.5 Å². The Balaban J connectivity index is 1.46. The van der Waals surface area contributed by atoms with Gasteiger partial charge in [-0.05, 0) is 54.8 Å². The number of nitrogens with zero attached hydrogens (tertiary/aromatic N) is 6. The minimum atomic E-state index is -0.876. The minimum Gasteiger partial charge on any atom is -0.351 e. The first-order valence-corrected chi connectivity index (χ1v) is 12.5. The van der Waals surface area contributed by atoms with Crippen molar-refractivity contribution in [1.29, 1.82) is 0 Å². The molecule has 1 N–H and O–H groups in total. The first-order chi connectivity index (χ1) is 18.1. The van der Waals surface area contributed by atoms with Crippen molar-refractivity contribution in [3.05, 3.63) is 90.3 Å². The molecule has 0 saturated heterocycles. The van der Waals surface area contributed by atoms with Crippen LogP contribution in [0, 0.1) is 6.92 Å². The fourth-order valence-corrected chi connectivity index (χ4v) is 4.66. The molecule has 2 amide bonds. The van der Waals surface area contributed by atoms with Crippen molar-refractivity contribution in [1.82, 2.24) is 30.5 Å². The van der Waals surface area contributed by atoms with Crippen molar-refractivity contribution < 1.29 is 9.59 Å². The van der Waals surface area contributed by atoms with Gasteiger partial charge in [0.25, 0.3) is 5.91 Å². The highest BCUT2D eigenvalue weighted by molar-refractivity contribution is 6.01. The van der Waals surface area contributed by atoms with E-state index in [1.54, 1.807) is 24.5 Å². The summed E-state index contributed by atoms with van der Waals surface area (Å²) in [6, 6.07) is 19.8. The summed E-state index contributed by atoms with van der Waals surface area (Å²) in [4.78, 5) is 34.5. The molecular weight excluding hydrogens is 466 g/mol. The molecule has 1 aliphatic carbocycles. The third-order valence-electron chi connectivity index (χ3n) is 6.57. The van der Waals surface area contributed by atoms with Gasteiger partial charge >= 0.3 is 0 Å². The van der Waals surface area contributed by atoms with E-state index in [0.29, 0.717) is 17.1 Å². The lowest BCUT2D eigenvalue weighted by molar-refractivity contribution is -0.127. The number of tetrazole rings is 1. The predicted octanol–water partition coefficient (Wildman–Crippen LogP) is 3.88. The van der Waals surface area contributed by atoms with Crippen LogP contribution in [0.1, 0.15) is 42.9 Å². The molecule has 9 heteroatoms. The van der Waals surface area contributed by atoms with Gasteiger partial charge in [0.05, 0.1) is 0 Å². The fraction of sp³-hybridized carbons (Fsp3) is 0.286. The Morgan fingerprint density at radius 3 is 2.41 bits per heavy atom. The summed E-state index contributed by atoms with van der Waals surface area (Å²) in [6.07, 6.45) is 7.33. The lowest BCUT2D eigenvalue weighted by Gasteiger charge is -2.32. The molecule has 2 heterocycles. The highest BCUT2D eigenvalue weighted by Gasteiger charge is 2.34. The molecule has 2 aromatic carbocycles. The van der Waals surface area contributed by atoms with Gasteiger partial charge in [0, 0.05) is 29.7 Å². The van der Waals surface area contributed by atoms with E-state index in [4.69, 9.17) is 0 Å². The second-order valence-corrected chi connectivity index (χ2v) is 9.28. The van der Waals surface area contributed by atoms with Crippen LogP contribution in [0.25, 0.3) is 11.4 Å². The first kappa shape index (κ1) is 24.3. The van der Waals surface area contributed by atoms with E-state index >= 15 is 0 Å². The van der Waals surface area contributed by atoms with Gasteiger partial charge in [-0.25, -0.2) is 0 Å². The normalized spacial score (nSPS) is 14.3. The third kappa shape index (κ3) is 5.72. The molecule has 2 aromatic heterocycles. The number of para-hydroxylation sites is 1. The molecule has 0 bridgehead atoms. The molecule has 1 unspecified atom stereocenters. The average molecular weight is 496 g/mol. The number of carbonyl (C=O) groups is 2. The van der Waals surface area contributed by atoms with Crippen LogP contribution in [0.15, 0.2) is 79.1 Å². The molecule has 0 spiro atoms. The van der Waals surface area contributed by atoms with Gasteiger partial charge in [0.15, 0.2) is 0 Å². The molecule has 0 radical (unpaired) electrons. The second-order valence-electron chi connectivity index (χ2n) is 9.28. The van der Waals surface area contributed by atoms with Crippen LogP contribution in [0.3, 0.4) is 0 Å². The number of amides is 2. The number of aryl methyl sites for hydroxylation is 1. The monoisotopic (exact) mass is 495 g/mol. The van der Waals surface area contributed by atoms with Gasteiger partial charge in [-0.2, -0.15) is 4.80 Å². The Bertz CT molecular complexity index is 1330. The summed E-state index contributed by atoms with van der Waals surface area (Å²) < 4.78 is 0. The molecular formula is C28H29N7O2. The zero-order valence-electron chi connectivity index (χ0n) is 20.7. The number of hydrogen-bond donors (Lipinski definition) is 1. The second kappa shape index (κ2) is 11.1. The predicted molar refractivity (Wildman–Crippen MR) is 139 cm³/mol. The van der Waals surface area contributed by atoms with Gasteiger partial charge < -0.3 is 5.32 Å². The maximum atomic E-state index is 13.9. The maximum absolute atomic E-state index is 13.9. The van der Waals surface area contributed by atoms with Crippen LogP contribution in [-0.4, -0.2) is 43.0 Å². The molecule has 1 fully saturated rings. The molecule has 0 aliphatic heterocycles. The Labute approximate surface area is 215 Å². The smallest absolute Gasteiger partial charge is 0.251 e. The number of pyridine rings is 1. The topological polar surface area (TPSA) is 106 Å². The van der Waals surface area contributed by atoms with E-state index in [2.05, 4.69) is 25.7 Å². The quantitative estimate of drug-likeness (QED) is 0.398. The summed E-state index contributed by atoms with van der Waals surface area (Å²) in [5.41, 5.74) is 3.22. The molecule has 1 aliphatic rings. The van der Waals surface area contributed by atoms with Crippen molar-refractivity contribution in [3.63, 3.8) is 0 Å². The number of benzene rings is 2. The SMILES string of the molecule is Cc1ccc(-c2nnn(CC(=O)N(c3ccccc3)C(C(=O)NC3CCCC3)c3ccncc3)n2)cc1. The van der Waals surface area contributed by atoms with Gasteiger partial charge in [0.2, 0.25) is 11.7 Å². The first-order valence-electron chi connectivity index (χ1n) is 12.5. The summed E-state index contributed by atoms with van der Waals surface area (Å²) in [6.45, 7) is 1.83. The average Bonchev–Trinajstić information content (AvgIpc) is 3.61. The Kier molecular flexibility index (Phi) is 7.30. The van der Waals surface area contributed by atoms with Crippen LogP contribution in [0.4, 0.5) is 5.69 Å². The van der Waals surface area contributed by atoms with E-state index in [9.17, 15) is 9.59 Å². The standard InChI is InChI=1S/C28H29N7O2/c1-20-11-13-22(14-12-20)27-31-33-34(32-27)19-25(36)35(24-9-3-2-4-10-24)26(21-15-17-29-18-16-21)28(37)30-23-7-5-6-8-23/h2-4,9-18,23,26H,5-8,19H2,1H3,(H,30,37).